The fourth-order valence-corrected chi connectivity index (χ4v) is 2.47. The molecule has 0 saturated carbocycles. The molecule has 0 unspecified atom stereocenters. The van der Waals surface area contributed by atoms with E-state index in [0.29, 0.717) is 0 Å². The van der Waals surface area contributed by atoms with Gasteiger partial charge in [-0.15, -0.1) is 0 Å². The largest absolute Gasteiger partial charge is 0.467 e. The number of rotatable bonds is 5. The maximum atomic E-state index is 5.70. The van der Waals surface area contributed by atoms with Crippen LogP contribution in [0.15, 0.2) is 49.0 Å². The average molecular weight is 380 g/mol. The van der Waals surface area contributed by atoms with Crippen LogP contribution in [0.5, 0.6) is 5.75 Å². The first kappa shape index (κ1) is 15.1. The second-order valence-electron chi connectivity index (χ2n) is 4.50. The van der Waals surface area contributed by atoms with Gasteiger partial charge in [0, 0.05) is 16.3 Å². The molecule has 2 aromatic rings. The third-order valence-electron chi connectivity index (χ3n) is 2.99. The van der Waals surface area contributed by atoms with Crippen LogP contribution in [-0.2, 0) is 4.74 Å². The summed E-state index contributed by atoms with van der Waals surface area (Å²) in [6, 6.07) is 14.4. The molecule has 104 valence electrons. The summed E-state index contributed by atoms with van der Waals surface area (Å²) in [6.07, 6.45) is 0. The quantitative estimate of drug-likeness (QED) is 0.534. The van der Waals surface area contributed by atoms with Crippen molar-refractivity contribution in [1.29, 1.82) is 0 Å². The fraction of sp³-hybridized carbons (Fsp3) is 0.176. The highest BCUT2D eigenvalue weighted by Gasteiger charge is 2.13. The summed E-state index contributed by atoms with van der Waals surface area (Å²) in [6.45, 7) is 6.36. The SMILES string of the molecule is C=C(I)c1cccc(OCOC)c1-c1ccc(C)cc1. The summed E-state index contributed by atoms with van der Waals surface area (Å²) in [4.78, 5) is 0. The maximum Gasteiger partial charge on any atom is 0.188 e. The number of hydrogen-bond acceptors (Lipinski definition) is 2. The van der Waals surface area contributed by atoms with Gasteiger partial charge in [-0.1, -0.05) is 48.5 Å². The van der Waals surface area contributed by atoms with Gasteiger partial charge < -0.3 is 9.47 Å². The van der Waals surface area contributed by atoms with Crippen LogP contribution in [0.2, 0.25) is 0 Å². The molecule has 2 aromatic carbocycles. The molecule has 0 heterocycles. The standard InChI is InChI=1S/C17H17IO2/c1-12-7-9-14(10-8-12)17-15(13(2)18)5-4-6-16(17)20-11-19-3/h4-10H,2,11H2,1,3H3. The minimum atomic E-state index is 0.232. The van der Waals surface area contributed by atoms with Gasteiger partial charge in [0.25, 0.3) is 0 Å². The Morgan fingerprint density at radius 3 is 2.45 bits per heavy atom. The molecular weight excluding hydrogens is 363 g/mol. The van der Waals surface area contributed by atoms with E-state index in [9.17, 15) is 0 Å². The Balaban J connectivity index is 2.56. The van der Waals surface area contributed by atoms with E-state index in [-0.39, 0.29) is 6.79 Å². The van der Waals surface area contributed by atoms with Gasteiger partial charge in [-0.3, -0.25) is 0 Å². The zero-order chi connectivity index (χ0) is 14.5. The van der Waals surface area contributed by atoms with E-state index in [2.05, 4.69) is 66.4 Å². The second kappa shape index (κ2) is 6.90. The molecule has 0 saturated heterocycles. The predicted molar refractivity (Wildman–Crippen MR) is 92.2 cm³/mol. The Bertz CT molecular complexity index is 603. The lowest BCUT2D eigenvalue weighted by Gasteiger charge is -2.15. The average Bonchev–Trinajstić information content (AvgIpc) is 2.45. The molecule has 3 heteroatoms. The summed E-state index contributed by atoms with van der Waals surface area (Å²) >= 11 is 2.24. The van der Waals surface area contributed by atoms with E-state index in [1.54, 1.807) is 7.11 Å². The van der Waals surface area contributed by atoms with Gasteiger partial charge in [0.15, 0.2) is 6.79 Å². The number of halogens is 1. The molecule has 0 fully saturated rings. The summed E-state index contributed by atoms with van der Waals surface area (Å²) in [5.74, 6) is 0.811. The molecule has 20 heavy (non-hydrogen) atoms. The summed E-state index contributed by atoms with van der Waals surface area (Å²) in [5.41, 5.74) is 4.50. The number of ether oxygens (including phenoxy) is 2. The molecule has 0 radical (unpaired) electrons. The molecule has 2 rings (SSSR count). The summed E-state index contributed by atoms with van der Waals surface area (Å²) < 4.78 is 11.7. The molecule has 0 aliphatic rings. The normalized spacial score (nSPS) is 10.3. The minimum Gasteiger partial charge on any atom is -0.467 e. The Morgan fingerprint density at radius 2 is 1.85 bits per heavy atom. The number of hydrogen-bond donors (Lipinski definition) is 0. The van der Waals surface area contributed by atoms with Crippen molar-refractivity contribution in [2.24, 2.45) is 0 Å². The molecular formula is C17H17IO2. The van der Waals surface area contributed by atoms with E-state index in [1.807, 2.05) is 12.1 Å². The molecule has 0 aliphatic carbocycles. The lowest BCUT2D eigenvalue weighted by atomic mass is 9.98. The van der Waals surface area contributed by atoms with Crippen molar-refractivity contribution in [2.45, 2.75) is 6.92 Å². The number of methoxy groups -OCH3 is 1. The van der Waals surface area contributed by atoms with Crippen LogP contribution in [0.25, 0.3) is 14.7 Å². The van der Waals surface area contributed by atoms with Crippen molar-refractivity contribution < 1.29 is 9.47 Å². The molecule has 0 amide bonds. The van der Waals surface area contributed by atoms with E-state index < -0.39 is 0 Å². The molecule has 2 nitrogen and oxygen atoms in total. The lowest BCUT2D eigenvalue weighted by Crippen LogP contribution is -2.01. The highest BCUT2D eigenvalue weighted by Crippen LogP contribution is 2.38. The topological polar surface area (TPSA) is 18.5 Å². The van der Waals surface area contributed by atoms with Crippen LogP contribution < -0.4 is 4.74 Å². The van der Waals surface area contributed by atoms with Crippen molar-refractivity contribution in [3.8, 4) is 16.9 Å². The summed E-state index contributed by atoms with van der Waals surface area (Å²) in [5, 5.41) is 0. The zero-order valence-electron chi connectivity index (χ0n) is 11.7. The van der Waals surface area contributed by atoms with Crippen LogP contribution in [0, 0.1) is 6.92 Å². The van der Waals surface area contributed by atoms with Gasteiger partial charge in [0.2, 0.25) is 0 Å². The number of aryl methyl sites for hydroxylation is 1. The van der Waals surface area contributed by atoms with E-state index in [1.165, 1.54) is 5.56 Å². The van der Waals surface area contributed by atoms with Crippen molar-refractivity contribution in [3.63, 3.8) is 0 Å². The molecule has 0 aromatic heterocycles. The Morgan fingerprint density at radius 1 is 1.15 bits per heavy atom. The summed E-state index contributed by atoms with van der Waals surface area (Å²) in [7, 11) is 1.62. The molecule has 0 bridgehead atoms. The van der Waals surface area contributed by atoms with E-state index in [4.69, 9.17) is 9.47 Å². The molecule has 0 atom stereocenters. The predicted octanol–water partition coefficient (Wildman–Crippen LogP) is 5.05. The van der Waals surface area contributed by atoms with Crippen molar-refractivity contribution >= 4 is 26.2 Å². The third kappa shape index (κ3) is 3.41. The van der Waals surface area contributed by atoms with Crippen molar-refractivity contribution in [1.82, 2.24) is 0 Å². The van der Waals surface area contributed by atoms with E-state index >= 15 is 0 Å². The monoisotopic (exact) mass is 380 g/mol. The van der Waals surface area contributed by atoms with Crippen LogP contribution in [0.1, 0.15) is 11.1 Å². The van der Waals surface area contributed by atoms with Gasteiger partial charge in [0.05, 0.1) is 0 Å². The molecule has 0 spiro atoms. The Labute approximate surface area is 133 Å². The Hall–Kier alpha value is -1.33. The van der Waals surface area contributed by atoms with E-state index in [0.717, 1.165) is 26.0 Å². The first-order chi connectivity index (χ1) is 9.63. The van der Waals surface area contributed by atoms with Gasteiger partial charge in [-0.05, 0) is 46.7 Å². The van der Waals surface area contributed by atoms with Gasteiger partial charge >= 0.3 is 0 Å². The van der Waals surface area contributed by atoms with Gasteiger partial charge in [-0.2, -0.15) is 0 Å². The minimum absolute atomic E-state index is 0.232. The number of benzene rings is 2. The smallest absolute Gasteiger partial charge is 0.188 e. The highest BCUT2D eigenvalue weighted by molar-refractivity contribution is 14.1. The van der Waals surface area contributed by atoms with Crippen LogP contribution in [0.3, 0.4) is 0 Å². The Kier molecular flexibility index (Phi) is 5.20. The maximum absolute atomic E-state index is 5.70. The van der Waals surface area contributed by atoms with Crippen LogP contribution >= 0.6 is 22.6 Å². The lowest BCUT2D eigenvalue weighted by molar-refractivity contribution is 0.0515. The molecule has 0 N–H and O–H groups in total. The third-order valence-corrected chi connectivity index (χ3v) is 3.57. The van der Waals surface area contributed by atoms with Crippen molar-refractivity contribution in [3.05, 3.63) is 60.2 Å². The first-order valence-electron chi connectivity index (χ1n) is 6.30. The second-order valence-corrected chi connectivity index (χ2v) is 5.80. The van der Waals surface area contributed by atoms with Crippen molar-refractivity contribution in [2.75, 3.05) is 13.9 Å². The van der Waals surface area contributed by atoms with Gasteiger partial charge in [0.1, 0.15) is 5.75 Å². The van der Waals surface area contributed by atoms with Crippen LogP contribution in [-0.4, -0.2) is 13.9 Å². The zero-order valence-corrected chi connectivity index (χ0v) is 13.8. The highest BCUT2D eigenvalue weighted by atomic mass is 127. The van der Waals surface area contributed by atoms with Gasteiger partial charge in [-0.25, -0.2) is 0 Å². The fourth-order valence-electron chi connectivity index (χ4n) is 2.02. The molecule has 0 aliphatic heterocycles. The van der Waals surface area contributed by atoms with Crippen LogP contribution in [0.4, 0.5) is 0 Å². The first-order valence-corrected chi connectivity index (χ1v) is 7.38.